The number of hydrogen-bond donors (Lipinski definition) is 0. The molecule has 146 valence electrons. The van der Waals surface area contributed by atoms with E-state index >= 15 is 0 Å². The minimum atomic E-state index is -4.43. The smallest absolute Gasteiger partial charge is 0.338 e. The molecule has 7 heteroatoms. The number of likely N-dealkylation sites (tertiary alicyclic amines) is 1. The first-order valence-corrected chi connectivity index (χ1v) is 8.93. The molecule has 1 amide bonds. The Hall–Kier alpha value is -2.96. The average Bonchev–Trinajstić information content (AvgIpc) is 2.72. The van der Waals surface area contributed by atoms with E-state index in [-0.39, 0.29) is 23.8 Å². The Balaban J connectivity index is 1.64. The fraction of sp³-hybridized carbons (Fsp3) is 0.286. The highest BCUT2D eigenvalue weighted by Crippen LogP contribution is 2.30. The van der Waals surface area contributed by atoms with Crippen molar-refractivity contribution in [1.29, 1.82) is 0 Å². The van der Waals surface area contributed by atoms with Gasteiger partial charge in [0, 0.05) is 43.0 Å². The van der Waals surface area contributed by atoms with Crippen molar-refractivity contribution in [1.82, 2.24) is 9.88 Å². The van der Waals surface area contributed by atoms with Crippen LogP contribution < -0.4 is 0 Å². The van der Waals surface area contributed by atoms with Gasteiger partial charge in [-0.15, -0.1) is 0 Å². The minimum absolute atomic E-state index is 0.193. The number of carbonyl (C=O) groups is 2. The summed E-state index contributed by atoms with van der Waals surface area (Å²) in [7, 11) is 0. The van der Waals surface area contributed by atoms with Crippen molar-refractivity contribution in [3.05, 3.63) is 71.6 Å². The molecule has 0 unspecified atom stereocenters. The van der Waals surface area contributed by atoms with E-state index in [1.54, 1.807) is 35.5 Å². The van der Waals surface area contributed by atoms with Gasteiger partial charge in [0.25, 0.3) is 0 Å². The van der Waals surface area contributed by atoms with Crippen molar-refractivity contribution in [2.75, 3.05) is 13.1 Å². The predicted octanol–water partition coefficient (Wildman–Crippen LogP) is 4.24. The maximum absolute atomic E-state index is 12.7. The monoisotopic (exact) mass is 388 g/mol. The molecule has 2 aromatic rings. The van der Waals surface area contributed by atoms with E-state index in [1.807, 2.05) is 0 Å². The van der Waals surface area contributed by atoms with Crippen molar-refractivity contribution >= 4 is 17.8 Å². The van der Waals surface area contributed by atoms with Gasteiger partial charge >= 0.3 is 6.18 Å². The van der Waals surface area contributed by atoms with Crippen molar-refractivity contribution in [2.24, 2.45) is 5.92 Å². The van der Waals surface area contributed by atoms with Gasteiger partial charge in [0.2, 0.25) is 5.91 Å². The van der Waals surface area contributed by atoms with Crippen LogP contribution in [0.4, 0.5) is 13.2 Å². The van der Waals surface area contributed by atoms with E-state index in [0.29, 0.717) is 19.4 Å². The molecule has 2 heterocycles. The number of pyridine rings is 1. The van der Waals surface area contributed by atoms with Crippen molar-refractivity contribution in [3.8, 4) is 0 Å². The number of Topliss-reactive ketones (excluding diaryl/α,β-unsaturated/α-hetero) is 1. The van der Waals surface area contributed by atoms with Crippen LogP contribution in [0.15, 0.2) is 54.9 Å². The van der Waals surface area contributed by atoms with Crippen molar-refractivity contribution in [3.63, 3.8) is 0 Å². The molecule has 1 aromatic heterocycles. The van der Waals surface area contributed by atoms with Crippen LogP contribution in [0.3, 0.4) is 0 Å². The SMILES string of the molecule is O=C(c1ccc(C(F)(F)F)cc1)[C@H]1CCCN(C(=O)/C=C/c2ccncc2)C1. The fourth-order valence-electron chi connectivity index (χ4n) is 3.20. The molecule has 1 aliphatic heterocycles. The number of halogens is 3. The highest BCUT2D eigenvalue weighted by Gasteiger charge is 2.32. The Labute approximate surface area is 160 Å². The second kappa shape index (κ2) is 8.37. The lowest BCUT2D eigenvalue weighted by Crippen LogP contribution is -2.41. The summed E-state index contributed by atoms with van der Waals surface area (Å²) in [4.78, 5) is 30.6. The van der Waals surface area contributed by atoms with E-state index in [2.05, 4.69) is 4.98 Å². The number of benzene rings is 1. The number of carbonyl (C=O) groups excluding carboxylic acids is 2. The first kappa shape index (κ1) is 19.8. The van der Waals surface area contributed by atoms with E-state index < -0.39 is 17.7 Å². The number of piperidine rings is 1. The Kier molecular flexibility index (Phi) is 5.92. The molecule has 1 atom stereocenters. The molecule has 0 saturated carbocycles. The maximum Gasteiger partial charge on any atom is 0.416 e. The van der Waals surface area contributed by atoms with Gasteiger partial charge in [0.05, 0.1) is 5.56 Å². The molecule has 1 saturated heterocycles. The highest BCUT2D eigenvalue weighted by atomic mass is 19.4. The Bertz CT molecular complexity index is 861. The molecule has 0 spiro atoms. The number of aromatic nitrogens is 1. The van der Waals surface area contributed by atoms with Crippen molar-refractivity contribution in [2.45, 2.75) is 19.0 Å². The molecular weight excluding hydrogens is 369 g/mol. The minimum Gasteiger partial charge on any atom is -0.338 e. The summed E-state index contributed by atoms with van der Waals surface area (Å²) < 4.78 is 38.0. The van der Waals surface area contributed by atoms with E-state index in [1.165, 1.54) is 18.2 Å². The standard InChI is InChI=1S/C21H19F3N2O2/c22-21(23,24)18-6-4-16(5-7-18)20(28)17-2-1-13-26(14-17)19(27)8-3-15-9-11-25-12-10-15/h3-12,17H,1-2,13-14H2/b8-3+/t17-/m0/s1. The van der Waals surface area contributed by atoms with Crippen LogP contribution in [0.2, 0.25) is 0 Å². The van der Waals surface area contributed by atoms with Gasteiger partial charge in [-0.2, -0.15) is 13.2 Å². The van der Waals surface area contributed by atoms with Crippen LogP contribution >= 0.6 is 0 Å². The van der Waals surface area contributed by atoms with E-state index in [0.717, 1.165) is 17.7 Å². The number of nitrogens with zero attached hydrogens (tertiary/aromatic N) is 2. The van der Waals surface area contributed by atoms with E-state index in [9.17, 15) is 22.8 Å². The van der Waals surface area contributed by atoms with Crippen LogP contribution in [0.1, 0.15) is 34.3 Å². The van der Waals surface area contributed by atoms with Gasteiger partial charge in [-0.3, -0.25) is 14.6 Å². The zero-order chi connectivity index (χ0) is 20.1. The summed E-state index contributed by atoms with van der Waals surface area (Å²) in [5.41, 5.74) is 0.295. The molecule has 1 aromatic carbocycles. The quantitative estimate of drug-likeness (QED) is 0.582. The zero-order valence-electron chi connectivity index (χ0n) is 15.0. The van der Waals surface area contributed by atoms with Gasteiger partial charge in [0.1, 0.15) is 0 Å². The first-order valence-electron chi connectivity index (χ1n) is 8.93. The summed E-state index contributed by atoms with van der Waals surface area (Å²) in [5.74, 6) is -0.838. The highest BCUT2D eigenvalue weighted by molar-refractivity contribution is 5.99. The zero-order valence-corrected chi connectivity index (χ0v) is 15.0. The molecule has 28 heavy (non-hydrogen) atoms. The van der Waals surface area contributed by atoms with Gasteiger partial charge in [-0.05, 0) is 48.7 Å². The number of ketones is 1. The molecular formula is C21H19F3N2O2. The molecule has 3 rings (SSSR count). The lowest BCUT2D eigenvalue weighted by atomic mass is 9.89. The first-order chi connectivity index (χ1) is 13.3. The summed E-state index contributed by atoms with van der Waals surface area (Å²) in [6, 6.07) is 7.78. The third kappa shape index (κ3) is 4.85. The maximum atomic E-state index is 12.7. The van der Waals surface area contributed by atoms with Gasteiger partial charge in [-0.25, -0.2) is 0 Å². The van der Waals surface area contributed by atoms with Crippen molar-refractivity contribution < 1.29 is 22.8 Å². The number of amides is 1. The van der Waals surface area contributed by atoms with Crippen LogP contribution in [0.5, 0.6) is 0 Å². The summed E-state index contributed by atoms with van der Waals surface area (Å²) in [6.45, 7) is 0.815. The Morgan fingerprint density at radius 2 is 1.75 bits per heavy atom. The van der Waals surface area contributed by atoms with Gasteiger partial charge in [0.15, 0.2) is 5.78 Å². The average molecular weight is 388 g/mol. The summed E-state index contributed by atoms with van der Waals surface area (Å²) in [5, 5.41) is 0. The fourth-order valence-corrected chi connectivity index (χ4v) is 3.20. The Morgan fingerprint density at radius 3 is 2.39 bits per heavy atom. The van der Waals surface area contributed by atoms with Crippen LogP contribution in [-0.2, 0) is 11.0 Å². The summed E-state index contributed by atoms with van der Waals surface area (Å²) in [6.07, 6.45) is 3.25. The Morgan fingerprint density at radius 1 is 1.07 bits per heavy atom. The predicted molar refractivity (Wildman–Crippen MR) is 98.3 cm³/mol. The second-order valence-corrected chi connectivity index (χ2v) is 6.68. The van der Waals surface area contributed by atoms with Crippen LogP contribution in [0.25, 0.3) is 6.08 Å². The van der Waals surface area contributed by atoms with Gasteiger partial charge in [-0.1, -0.05) is 12.1 Å². The number of alkyl halides is 3. The lowest BCUT2D eigenvalue weighted by molar-refractivity contribution is -0.137. The molecule has 4 nitrogen and oxygen atoms in total. The third-order valence-electron chi connectivity index (χ3n) is 4.73. The lowest BCUT2D eigenvalue weighted by Gasteiger charge is -2.31. The summed E-state index contributed by atoms with van der Waals surface area (Å²) >= 11 is 0. The number of rotatable bonds is 4. The normalized spacial score (nSPS) is 17.7. The molecule has 1 fully saturated rings. The molecule has 0 bridgehead atoms. The van der Waals surface area contributed by atoms with E-state index in [4.69, 9.17) is 0 Å². The van der Waals surface area contributed by atoms with Crippen LogP contribution in [-0.4, -0.2) is 34.7 Å². The number of hydrogen-bond acceptors (Lipinski definition) is 3. The second-order valence-electron chi connectivity index (χ2n) is 6.68. The largest absolute Gasteiger partial charge is 0.416 e. The molecule has 0 N–H and O–H groups in total. The topological polar surface area (TPSA) is 50.3 Å². The molecule has 0 aliphatic carbocycles. The molecule has 1 aliphatic rings. The van der Waals surface area contributed by atoms with Gasteiger partial charge < -0.3 is 4.90 Å². The molecule has 0 radical (unpaired) electrons. The van der Waals surface area contributed by atoms with Crippen LogP contribution in [0, 0.1) is 5.92 Å². The third-order valence-corrected chi connectivity index (χ3v) is 4.73.